The number of hydrogen-bond donors (Lipinski definition) is 2. The van der Waals surface area contributed by atoms with Crippen molar-refractivity contribution in [2.45, 2.75) is 44.5 Å². The standard InChI is InChI=1S/C21H24F3N3O2/c1-20(2,29)15-5-3-14(4-6-15)9-19(28)26-17-7-8-27(13-17)18-10-16(11-25-12-18)21(22,23)24/h3-6,10-12,17,29H,7-9,13H2,1-2H3,(H,26,28). The molecule has 1 saturated heterocycles. The highest BCUT2D eigenvalue weighted by Crippen LogP contribution is 2.31. The van der Waals surface area contributed by atoms with Gasteiger partial charge in [0.2, 0.25) is 5.91 Å². The number of aromatic nitrogens is 1. The molecule has 0 radical (unpaired) electrons. The first-order valence-corrected chi connectivity index (χ1v) is 9.41. The van der Waals surface area contributed by atoms with Crippen LogP contribution in [0.3, 0.4) is 0 Å². The average Bonchev–Trinajstić information content (AvgIpc) is 3.09. The summed E-state index contributed by atoms with van der Waals surface area (Å²) < 4.78 is 38.6. The van der Waals surface area contributed by atoms with E-state index in [1.54, 1.807) is 30.9 Å². The predicted octanol–water partition coefficient (Wildman–Crippen LogP) is 3.27. The number of rotatable bonds is 5. The van der Waals surface area contributed by atoms with Gasteiger partial charge in [-0.05, 0) is 37.5 Å². The van der Waals surface area contributed by atoms with E-state index in [1.807, 2.05) is 12.1 Å². The molecule has 1 aromatic heterocycles. The van der Waals surface area contributed by atoms with Crippen molar-refractivity contribution in [3.8, 4) is 0 Å². The second kappa shape index (κ2) is 8.02. The summed E-state index contributed by atoms with van der Waals surface area (Å²) in [5.41, 5.74) is 0.276. The summed E-state index contributed by atoms with van der Waals surface area (Å²) >= 11 is 0. The highest BCUT2D eigenvalue weighted by Gasteiger charge is 2.32. The largest absolute Gasteiger partial charge is 0.417 e. The fourth-order valence-electron chi connectivity index (χ4n) is 3.36. The van der Waals surface area contributed by atoms with Crippen LogP contribution in [-0.2, 0) is 23.0 Å². The van der Waals surface area contributed by atoms with Gasteiger partial charge in [0.25, 0.3) is 0 Å². The molecule has 0 bridgehead atoms. The Labute approximate surface area is 167 Å². The van der Waals surface area contributed by atoms with Crippen LogP contribution >= 0.6 is 0 Å². The number of anilines is 1. The molecule has 2 heterocycles. The zero-order valence-electron chi connectivity index (χ0n) is 16.3. The smallest absolute Gasteiger partial charge is 0.386 e. The SMILES string of the molecule is CC(C)(O)c1ccc(CC(=O)NC2CCN(c3cncc(C(F)(F)F)c3)C2)cc1. The molecule has 0 spiro atoms. The number of aliphatic hydroxyl groups is 1. The maximum Gasteiger partial charge on any atom is 0.417 e. The molecule has 8 heteroatoms. The number of halogens is 3. The molecule has 2 aromatic rings. The minimum absolute atomic E-state index is 0.132. The van der Waals surface area contributed by atoms with Crippen molar-refractivity contribution in [1.82, 2.24) is 10.3 Å². The van der Waals surface area contributed by atoms with Crippen molar-refractivity contribution in [3.05, 3.63) is 59.4 Å². The zero-order chi connectivity index (χ0) is 21.2. The number of benzene rings is 1. The van der Waals surface area contributed by atoms with Crippen LogP contribution in [0.2, 0.25) is 0 Å². The van der Waals surface area contributed by atoms with E-state index in [0.717, 1.165) is 23.4 Å². The highest BCUT2D eigenvalue weighted by molar-refractivity contribution is 5.79. The Balaban J connectivity index is 1.55. The Bertz CT molecular complexity index is 861. The minimum atomic E-state index is -4.43. The van der Waals surface area contributed by atoms with Gasteiger partial charge in [-0.2, -0.15) is 13.2 Å². The van der Waals surface area contributed by atoms with Crippen LogP contribution < -0.4 is 10.2 Å². The Hall–Kier alpha value is -2.61. The maximum absolute atomic E-state index is 12.9. The number of carbonyl (C=O) groups excluding carboxylic acids is 1. The van der Waals surface area contributed by atoms with E-state index in [-0.39, 0.29) is 18.4 Å². The Morgan fingerprint density at radius 1 is 1.21 bits per heavy atom. The molecule has 1 unspecified atom stereocenters. The molecule has 1 amide bonds. The average molecular weight is 407 g/mol. The van der Waals surface area contributed by atoms with Crippen molar-refractivity contribution in [2.75, 3.05) is 18.0 Å². The molecule has 1 aliphatic heterocycles. The van der Waals surface area contributed by atoms with Gasteiger partial charge >= 0.3 is 6.18 Å². The lowest BCUT2D eigenvalue weighted by molar-refractivity contribution is -0.137. The van der Waals surface area contributed by atoms with Crippen molar-refractivity contribution in [1.29, 1.82) is 0 Å². The summed E-state index contributed by atoms with van der Waals surface area (Å²) in [5.74, 6) is -0.143. The zero-order valence-corrected chi connectivity index (χ0v) is 16.3. The van der Waals surface area contributed by atoms with Crippen LogP contribution in [0.1, 0.15) is 37.0 Å². The third kappa shape index (κ3) is 5.47. The minimum Gasteiger partial charge on any atom is -0.386 e. The summed E-state index contributed by atoms with van der Waals surface area (Å²) in [5, 5.41) is 12.9. The fraction of sp³-hybridized carbons (Fsp3) is 0.429. The van der Waals surface area contributed by atoms with Crippen LogP contribution in [0.15, 0.2) is 42.7 Å². The van der Waals surface area contributed by atoms with E-state index >= 15 is 0 Å². The Morgan fingerprint density at radius 2 is 1.90 bits per heavy atom. The fourth-order valence-corrected chi connectivity index (χ4v) is 3.36. The number of alkyl halides is 3. The van der Waals surface area contributed by atoms with Crippen molar-refractivity contribution < 1.29 is 23.1 Å². The quantitative estimate of drug-likeness (QED) is 0.799. The molecule has 1 aromatic carbocycles. The molecule has 5 nitrogen and oxygen atoms in total. The van der Waals surface area contributed by atoms with Gasteiger partial charge in [0, 0.05) is 25.3 Å². The lowest BCUT2D eigenvalue weighted by Gasteiger charge is -2.20. The normalized spacial score (nSPS) is 17.4. The molecule has 1 atom stereocenters. The van der Waals surface area contributed by atoms with Gasteiger partial charge in [0.15, 0.2) is 0 Å². The van der Waals surface area contributed by atoms with Gasteiger partial charge in [-0.1, -0.05) is 24.3 Å². The van der Waals surface area contributed by atoms with E-state index in [1.165, 1.54) is 6.20 Å². The Morgan fingerprint density at radius 3 is 2.52 bits per heavy atom. The summed E-state index contributed by atoms with van der Waals surface area (Å²) in [7, 11) is 0. The molecule has 156 valence electrons. The van der Waals surface area contributed by atoms with Crippen LogP contribution in [0.25, 0.3) is 0 Å². The second-order valence-electron chi connectivity index (χ2n) is 7.86. The van der Waals surface area contributed by atoms with Crippen molar-refractivity contribution in [3.63, 3.8) is 0 Å². The molecule has 1 fully saturated rings. The molecule has 3 rings (SSSR count). The lowest BCUT2D eigenvalue weighted by atomic mass is 9.97. The van der Waals surface area contributed by atoms with Crippen LogP contribution in [0.5, 0.6) is 0 Å². The summed E-state index contributed by atoms with van der Waals surface area (Å²) in [6.07, 6.45) is -1.36. The van der Waals surface area contributed by atoms with Crippen LogP contribution in [-0.4, -0.2) is 35.1 Å². The second-order valence-corrected chi connectivity index (χ2v) is 7.86. The van der Waals surface area contributed by atoms with Gasteiger partial charge in [-0.15, -0.1) is 0 Å². The Kier molecular flexibility index (Phi) is 5.84. The van der Waals surface area contributed by atoms with Gasteiger partial charge < -0.3 is 15.3 Å². The van der Waals surface area contributed by atoms with E-state index < -0.39 is 17.3 Å². The number of nitrogens with zero attached hydrogens (tertiary/aromatic N) is 2. The molecule has 0 saturated carbocycles. The molecular formula is C21H24F3N3O2. The highest BCUT2D eigenvalue weighted by atomic mass is 19.4. The molecule has 2 N–H and O–H groups in total. The third-order valence-corrected chi connectivity index (χ3v) is 4.99. The van der Waals surface area contributed by atoms with Crippen molar-refractivity contribution in [2.24, 2.45) is 0 Å². The number of hydrogen-bond acceptors (Lipinski definition) is 4. The number of pyridine rings is 1. The molecular weight excluding hydrogens is 383 g/mol. The predicted molar refractivity (Wildman–Crippen MR) is 103 cm³/mol. The topological polar surface area (TPSA) is 65.5 Å². The molecule has 1 aliphatic rings. The van der Waals surface area contributed by atoms with E-state index in [9.17, 15) is 23.1 Å². The van der Waals surface area contributed by atoms with Crippen molar-refractivity contribution >= 4 is 11.6 Å². The van der Waals surface area contributed by atoms with Gasteiger partial charge in [0.1, 0.15) is 0 Å². The number of carbonyl (C=O) groups is 1. The monoisotopic (exact) mass is 407 g/mol. The first kappa shape index (κ1) is 21.1. The van der Waals surface area contributed by atoms with E-state index in [2.05, 4.69) is 10.3 Å². The van der Waals surface area contributed by atoms with Gasteiger partial charge in [-0.25, -0.2) is 0 Å². The van der Waals surface area contributed by atoms with Gasteiger partial charge in [-0.3, -0.25) is 9.78 Å². The molecule has 29 heavy (non-hydrogen) atoms. The summed E-state index contributed by atoms with van der Waals surface area (Å²) in [4.78, 5) is 17.8. The summed E-state index contributed by atoms with van der Waals surface area (Å²) in [6, 6.07) is 8.15. The number of amides is 1. The van der Waals surface area contributed by atoms with E-state index in [0.29, 0.717) is 25.2 Å². The van der Waals surface area contributed by atoms with Gasteiger partial charge in [0.05, 0.1) is 29.5 Å². The van der Waals surface area contributed by atoms with E-state index in [4.69, 9.17) is 0 Å². The van der Waals surface area contributed by atoms with Crippen LogP contribution in [0.4, 0.5) is 18.9 Å². The lowest BCUT2D eigenvalue weighted by Crippen LogP contribution is -2.38. The maximum atomic E-state index is 12.9. The third-order valence-electron chi connectivity index (χ3n) is 4.99. The first-order valence-electron chi connectivity index (χ1n) is 9.41. The molecule has 0 aliphatic carbocycles. The first-order chi connectivity index (χ1) is 13.5. The van der Waals surface area contributed by atoms with Crippen LogP contribution in [0, 0.1) is 0 Å². The summed E-state index contributed by atoms with van der Waals surface area (Å²) in [6.45, 7) is 4.38. The number of nitrogens with one attached hydrogen (secondary N) is 1.